The first-order valence-corrected chi connectivity index (χ1v) is 6.86. The third kappa shape index (κ3) is 4.18. The van der Waals surface area contributed by atoms with Crippen LogP contribution in [-0.2, 0) is 6.42 Å². The van der Waals surface area contributed by atoms with Gasteiger partial charge in [0, 0.05) is 16.9 Å². The van der Waals surface area contributed by atoms with Gasteiger partial charge in [-0.05, 0) is 43.2 Å². The van der Waals surface area contributed by atoms with Crippen molar-refractivity contribution < 1.29 is 9.59 Å². The average molecular weight is 282 g/mol. The lowest BCUT2D eigenvalue weighted by molar-refractivity contribution is 0.101. The average Bonchev–Trinajstić information content (AvgIpc) is 2.48. The first kappa shape index (κ1) is 14.8. The summed E-state index contributed by atoms with van der Waals surface area (Å²) in [6.45, 7) is 3.58. The minimum absolute atomic E-state index is 0.0331. The Kier molecular flexibility index (Phi) is 4.72. The topological polar surface area (TPSA) is 58.2 Å². The van der Waals surface area contributed by atoms with Gasteiger partial charge in [0.05, 0.1) is 0 Å². The molecule has 0 aliphatic rings. The van der Waals surface area contributed by atoms with Crippen LogP contribution in [-0.4, -0.2) is 11.8 Å². The van der Waals surface area contributed by atoms with E-state index in [0.717, 1.165) is 12.1 Å². The Hall–Kier alpha value is -2.62. The normalized spacial score (nSPS) is 10.0. The van der Waals surface area contributed by atoms with Gasteiger partial charge in [0.15, 0.2) is 5.78 Å². The molecule has 2 amide bonds. The molecule has 0 saturated carbocycles. The predicted molar refractivity (Wildman–Crippen MR) is 84.9 cm³/mol. The molecule has 2 rings (SSSR count). The number of urea groups is 1. The molecule has 0 atom stereocenters. The van der Waals surface area contributed by atoms with E-state index in [1.807, 2.05) is 24.3 Å². The molecule has 0 heterocycles. The van der Waals surface area contributed by atoms with Gasteiger partial charge in [0.1, 0.15) is 0 Å². The lowest BCUT2D eigenvalue weighted by Gasteiger charge is -2.09. The van der Waals surface area contributed by atoms with Gasteiger partial charge in [-0.1, -0.05) is 31.2 Å². The highest BCUT2D eigenvalue weighted by Crippen LogP contribution is 2.13. The molecule has 0 aliphatic carbocycles. The van der Waals surface area contributed by atoms with E-state index < -0.39 is 0 Å². The van der Waals surface area contributed by atoms with Crippen LogP contribution in [0.5, 0.6) is 0 Å². The Bertz CT molecular complexity index is 648. The van der Waals surface area contributed by atoms with E-state index in [0.29, 0.717) is 11.3 Å². The monoisotopic (exact) mass is 282 g/mol. The van der Waals surface area contributed by atoms with E-state index in [1.165, 1.54) is 12.5 Å². The van der Waals surface area contributed by atoms with Gasteiger partial charge in [-0.3, -0.25) is 4.79 Å². The molecule has 2 N–H and O–H groups in total. The third-order valence-electron chi connectivity index (χ3n) is 3.15. The minimum Gasteiger partial charge on any atom is -0.308 e. The Morgan fingerprint density at radius 3 is 2.24 bits per heavy atom. The summed E-state index contributed by atoms with van der Waals surface area (Å²) in [6, 6.07) is 14.2. The summed E-state index contributed by atoms with van der Waals surface area (Å²) in [5, 5.41) is 5.47. The summed E-state index contributed by atoms with van der Waals surface area (Å²) in [4.78, 5) is 23.2. The lowest BCUT2D eigenvalue weighted by atomic mass is 10.1. The second-order valence-corrected chi connectivity index (χ2v) is 4.77. The number of hydrogen-bond acceptors (Lipinski definition) is 2. The highest BCUT2D eigenvalue weighted by atomic mass is 16.2. The molecule has 0 unspecified atom stereocenters. The number of carbonyl (C=O) groups is 2. The van der Waals surface area contributed by atoms with Crippen LogP contribution in [0.4, 0.5) is 16.2 Å². The van der Waals surface area contributed by atoms with Crippen molar-refractivity contribution in [2.45, 2.75) is 20.3 Å². The fraction of sp³-hybridized carbons (Fsp3) is 0.176. The van der Waals surface area contributed by atoms with E-state index >= 15 is 0 Å². The van der Waals surface area contributed by atoms with E-state index in [9.17, 15) is 9.59 Å². The Morgan fingerprint density at radius 2 is 1.62 bits per heavy atom. The number of rotatable bonds is 4. The summed E-state index contributed by atoms with van der Waals surface area (Å²) in [5.41, 5.74) is 3.10. The molecule has 21 heavy (non-hydrogen) atoms. The first-order valence-electron chi connectivity index (χ1n) is 6.86. The van der Waals surface area contributed by atoms with Crippen LogP contribution < -0.4 is 10.6 Å². The van der Waals surface area contributed by atoms with Crippen molar-refractivity contribution in [3.8, 4) is 0 Å². The molecule has 108 valence electrons. The van der Waals surface area contributed by atoms with Crippen molar-refractivity contribution in [1.82, 2.24) is 0 Å². The number of benzene rings is 2. The molecular weight excluding hydrogens is 264 g/mol. The molecule has 2 aromatic rings. The van der Waals surface area contributed by atoms with Crippen molar-refractivity contribution in [2.75, 3.05) is 10.6 Å². The minimum atomic E-state index is -0.333. The van der Waals surface area contributed by atoms with Crippen LogP contribution in [0.25, 0.3) is 0 Å². The van der Waals surface area contributed by atoms with Gasteiger partial charge < -0.3 is 10.6 Å². The number of Topliss-reactive ketones (excluding diaryl/α,β-unsaturated/α-hetero) is 1. The van der Waals surface area contributed by atoms with Crippen molar-refractivity contribution in [1.29, 1.82) is 0 Å². The number of amides is 2. The van der Waals surface area contributed by atoms with Crippen LogP contribution in [0.3, 0.4) is 0 Å². The zero-order valence-corrected chi connectivity index (χ0v) is 12.1. The van der Waals surface area contributed by atoms with Crippen molar-refractivity contribution in [2.24, 2.45) is 0 Å². The zero-order valence-electron chi connectivity index (χ0n) is 12.1. The molecule has 0 spiro atoms. The smallest absolute Gasteiger partial charge is 0.308 e. The SMILES string of the molecule is CCc1ccc(NC(=O)Nc2cccc(C(C)=O)c2)cc1. The van der Waals surface area contributed by atoms with Crippen LogP contribution >= 0.6 is 0 Å². The molecule has 4 nitrogen and oxygen atoms in total. The lowest BCUT2D eigenvalue weighted by Crippen LogP contribution is -2.19. The number of ketones is 1. The number of nitrogens with one attached hydrogen (secondary N) is 2. The van der Waals surface area contributed by atoms with E-state index in [4.69, 9.17) is 0 Å². The van der Waals surface area contributed by atoms with Crippen LogP contribution in [0, 0.1) is 0 Å². The fourth-order valence-corrected chi connectivity index (χ4v) is 1.93. The summed E-state index contributed by atoms with van der Waals surface area (Å²) in [5.74, 6) is -0.0331. The summed E-state index contributed by atoms with van der Waals surface area (Å²) in [6.07, 6.45) is 0.963. The standard InChI is InChI=1S/C17H18N2O2/c1-3-13-7-9-15(10-8-13)18-17(21)19-16-6-4-5-14(11-16)12(2)20/h4-11H,3H2,1-2H3,(H2,18,19,21). The van der Waals surface area contributed by atoms with E-state index in [1.54, 1.807) is 24.3 Å². The Labute approximate surface area is 124 Å². The highest BCUT2D eigenvalue weighted by molar-refractivity contribution is 6.01. The van der Waals surface area contributed by atoms with Gasteiger partial charge in [0.2, 0.25) is 0 Å². The summed E-state index contributed by atoms with van der Waals surface area (Å²) >= 11 is 0. The molecule has 0 radical (unpaired) electrons. The fourth-order valence-electron chi connectivity index (χ4n) is 1.93. The maximum Gasteiger partial charge on any atom is 0.323 e. The number of anilines is 2. The summed E-state index contributed by atoms with van der Waals surface area (Å²) in [7, 11) is 0. The summed E-state index contributed by atoms with van der Waals surface area (Å²) < 4.78 is 0. The van der Waals surface area contributed by atoms with Gasteiger partial charge >= 0.3 is 6.03 Å². The number of carbonyl (C=O) groups excluding carboxylic acids is 2. The maximum absolute atomic E-state index is 11.9. The maximum atomic E-state index is 11.9. The zero-order chi connectivity index (χ0) is 15.2. The van der Waals surface area contributed by atoms with E-state index in [2.05, 4.69) is 17.6 Å². The van der Waals surface area contributed by atoms with Crippen molar-refractivity contribution in [3.05, 3.63) is 59.7 Å². The molecule has 0 bridgehead atoms. The van der Waals surface area contributed by atoms with Crippen LogP contribution in [0.2, 0.25) is 0 Å². The quantitative estimate of drug-likeness (QED) is 0.830. The third-order valence-corrected chi connectivity index (χ3v) is 3.15. The second kappa shape index (κ2) is 6.70. The Balaban J connectivity index is 2.00. The molecule has 4 heteroatoms. The predicted octanol–water partition coefficient (Wildman–Crippen LogP) is 4.10. The first-order chi connectivity index (χ1) is 10.1. The van der Waals surface area contributed by atoms with E-state index in [-0.39, 0.29) is 11.8 Å². The van der Waals surface area contributed by atoms with Crippen LogP contribution in [0.1, 0.15) is 29.8 Å². The molecule has 0 saturated heterocycles. The molecular formula is C17H18N2O2. The van der Waals surface area contributed by atoms with Gasteiger partial charge in [-0.2, -0.15) is 0 Å². The van der Waals surface area contributed by atoms with Gasteiger partial charge in [-0.15, -0.1) is 0 Å². The van der Waals surface area contributed by atoms with Crippen LogP contribution in [0.15, 0.2) is 48.5 Å². The second-order valence-electron chi connectivity index (χ2n) is 4.77. The molecule has 0 aliphatic heterocycles. The molecule has 0 fully saturated rings. The highest BCUT2D eigenvalue weighted by Gasteiger charge is 2.05. The van der Waals surface area contributed by atoms with Gasteiger partial charge in [0.25, 0.3) is 0 Å². The number of hydrogen-bond donors (Lipinski definition) is 2. The van der Waals surface area contributed by atoms with Crippen molar-refractivity contribution in [3.63, 3.8) is 0 Å². The molecule has 2 aromatic carbocycles. The number of aryl methyl sites for hydroxylation is 1. The van der Waals surface area contributed by atoms with Gasteiger partial charge in [-0.25, -0.2) is 4.79 Å². The molecule has 0 aromatic heterocycles. The largest absolute Gasteiger partial charge is 0.323 e. The van der Waals surface area contributed by atoms with Crippen molar-refractivity contribution >= 4 is 23.2 Å². The Morgan fingerprint density at radius 1 is 0.952 bits per heavy atom.